The highest BCUT2D eigenvalue weighted by Crippen LogP contribution is 2.54. The smallest absolute Gasteiger partial charge is 0.0684 e. The zero-order valence-corrected chi connectivity index (χ0v) is 28.0. The van der Waals surface area contributed by atoms with E-state index in [1.807, 2.05) is 11.8 Å². The molecule has 116 valence electrons. The first-order valence-electron chi connectivity index (χ1n) is 5.42. The molecule has 1 aliphatic heterocycles. The van der Waals surface area contributed by atoms with Crippen molar-refractivity contribution in [2.45, 2.75) is 9.79 Å². The number of halogens is 8. The predicted octanol–water partition coefficient (Wildman–Crippen LogP) is 8.73. The zero-order chi connectivity index (χ0) is 16.3. The maximum absolute atomic E-state index is 3.73. The van der Waals surface area contributed by atoms with E-state index < -0.39 is 0 Å². The molecule has 3 rings (SSSR count). The molecular weight excluding hydrogens is 1210 g/mol. The maximum atomic E-state index is 3.73. The molecule has 0 saturated carbocycles. The van der Waals surface area contributed by atoms with Gasteiger partial charge in [-0.25, -0.2) is 0 Å². The van der Waals surface area contributed by atoms with Gasteiger partial charge in [-0.3, -0.25) is 0 Å². The molecule has 0 saturated heterocycles. The van der Waals surface area contributed by atoms with E-state index in [2.05, 4.69) is 186 Å². The molecule has 1 nitrogen and oxygen atoms in total. The second-order valence-electron chi connectivity index (χ2n) is 4.15. The van der Waals surface area contributed by atoms with Crippen molar-refractivity contribution in [2.75, 3.05) is 5.32 Å². The van der Waals surface area contributed by atoms with E-state index in [1.54, 1.807) is 0 Å². The van der Waals surface area contributed by atoms with E-state index in [4.69, 9.17) is 0 Å². The second kappa shape index (κ2) is 8.43. The number of rotatable bonds is 0. The van der Waals surface area contributed by atoms with Gasteiger partial charge in [-0.05, 0) is 181 Å². The molecule has 0 aromatic heterocycles. The minimum Gasteiger partial charge on any atom is -0.352 e. The van der Waals surface area contributed by atoms with E-state index in [9.17, 15) is 0 Å². The van der Waals surface area contributed by atoms with Crippen LogP contribution in [0.4, 0.5) is 11.4 Å². The number of benzene rings is 2. The number of nitrogens with one attached hydrogen (secondary N) is 1. The summed E-state index contributed by atoms with van der Waals surface area (Å²) in [5.74, 6) is 0. The Kier molecular flexibility index (Phi) is 8.10. The molecule has 0 bridgehead atoms. The van der Waals surface area contributed by atoms with E-state index >= 15 is 0 Å². The van der Waals surface area contributed by atoms with Crippen LogP contribution in [0.3, 0.4) is 0 Å². The molecule has 0 fully saturated rings. The predicted molar refractivity (Wildman–Crippen MR) is 162 cm³/mol. The highest BCUT2D eigenvalue weighted by atomic mass is 127. The summed E-state index contributed by atoms with van der Waals surface area (Å²) < 4.78 is 10.7. The summed E-state index contributed by atoms with van der Waals surface area (Å²) >= 11 is 21.6. The SMILES string of the molecule is Ic1c(I)c(I)c2c(c1I)Nc1c(I)c(I)c(I)c(I)c1S2. The molecule has 10 heteroatoms. The van der Waals surface area contributed by atoms with Gasteiger partial charge in [-0.1, -0.05) is 11.8 Å². The first kappa shape index (κ1) is 21.1. The van der Waals surface area contributed by atoms with Crippen LogP contribution in [0.1, 0.15) is 0 Å². The number of hydrogen-bond acceptors (Lipinski definition) is 2. The van der Waals surface area contributed by atoms with Crippen LogP contribution in [0.15, 0.2) is 9.79 Å². The molecule has 0 unspecified atom stereocenters. The monoisotopic (exact) mass is 1210 g/mol. The van der Waals surface area contributed by atoms with E-state index in [0.717, 1.165) is 0 Å². The molecule has 0 aliphatic carbocycles. The summed E-state index contributed by atoms with van der Waals surface area (Å²) in [6.07, 6.45) is 0. The largest absolute Gasteiger partial charge is 0.352 e. The Labute approximate surface area is 241 Å². The first-order valence-corrected chi connectivity index (χ1v) is 14.9. The highest BCUT2D eigenvalue weighted by molar-refractivity contribution is 14.1. The minimum atomic E-state index is 1.26. The molecule has 1 heterocycles. The first-order chi connectivity index (χ1) is 10.3. The van der Waals surface area contributed by atoms with Crippen LogP contribution in [0.25, 0.3) is 0 Å². The zero-order valence-electron chi connectivity index (χ0n) is 9.93. The van der Waals surface area contributed by atoms with Gasteiger partial charge in [0.05, 0.1) is 28.3 Å². The van der Waals surface area contributed by atoms with Gasteiger partial charge in [0.2, 0.25) is 0 Å². The van der Waals surface area contributed by atoms with Crippen molar-refractivity contribution in [3.8, 4) is 0 Å². The quantitative estimate of drug-likeness (QED) is 0.138. The number of hydrogen-bond donors (Lipinski definition) is 1. The Morgan fingerprint density at radius 1 is 0.455 bits per heavy atom. The van der Waals surface area contributed by atoms with Crippen molar-refractivity contribution in [3.05, 3.63) is 28.6 Å². The van der Waals surface area contributed by atoms with Gasteiger partial charge in [0.15, 0.2) is 0 Å². The third kappa shape index (κ3) is 3.67. The third-order valence-electron chi connectivity index (χ3n) is 2.90. The van der Waals surface area contributed by atoms with Crippen LogP contribution in [-0.2, 0) is 0 Å². The summed E-state index contributed by atoms with van der Waals surface area (Å²) in [6, 6.07) is 0. The van der Waals surface area contributed by atoms with Crippen LogP contribution < -0.4 is 5.32 Å². The average molecular weight is 1210 g/mol. The molecule has 1 aliphatic rings. The molecule has 2 aromatic carbocycles. The van der Waals surface area contributed by atoms with Crippen molar-refractivity contribution in [2.24, 2.45) is 0 Å². The van der Waals surface area contributed by atoms with Gasteiger partial charge >= 0.3 is 0 Å². The lowest BCUT2D eigenvalue weighted by molar-refractivity contribution is 1.21. The van der Waals surface area contributed by atoms with Gasteiger partial charge in [0, 0.05) is 21.4 Å². The summed E-state index contributed by atoms with van der Waals surface area (Å²) in [4.78, 5) is 2.71. The van der Waals surface area contributed by atoms with Crippen molar-refractivity contribution in [1.82, 2.24) is 0 Å². The van der Waals surface area contributed by atoms with Crippen LogP contribution in [0.2, 0.25) is 0 Å². The average Bonchev–Trinajstić information content (AvgIpc) is 2.52. The summed E-state index contributed by atoms with van der Waals surface area (Å²) in [5.41, 5.74) is 2.52. The summed E-state index contributed by atoms with van der Waals surface area (Å²) in [6.45, 7) is 0. The Morgan fingerprint density at radius 2 is 0.773 bits per heavy atom. The Bertz CT molecular complexity index is 700. The molecule has 0 radical (unpaired) electrons. The van der Waals surface area contributed by atoms with Crippen LogP contribution in [-0.4, -0.2) is 0 Å². The number of anilines is 2. The molecule has 22 heavy (non-hydrogen) atoms. The molecule has 2 aromatic rings. The Hall–Kier alpha value is 4.43. The Balaban J connectivity index is 2.32. The minimum absolute atomic E-state index is 1.26. The van der Waals surface area contributed by atoms with E-state index in [-0.39, 0.29) is 0 Å². The fourth-order valence-corrected chi connectivity index (χ4v) is 11.0. The van der Waals surface area contributed by atoms with Crippen molar-refractivity contribution >= 4 is 204 Å². The molecule has 0 atom stereocenters. The second-order valence-corrected chi connectivity index (χ2v) is 13.8. The van der Waals surface area contributed by atoms with Crippen molar-refractivity contribution < 1.29 is 0 Å². The summed E-state index contributed by atoms with van der Waals surface area (Å²) in [5, 5.41) is 3.73. The van der Waals surface area contributed by atoms with E-state index in [0.29, 0.717) is 0 Å². The number of fused-ring (bicyclic) bond motifs is 2. The Morgan fingerprint density at radius 3 is 1.14 bits per heavy atom. The molecule has 0 spiro atoms. The van der Waals surface area contributed by atoms with Gasteiger partial charge < -0.3 is 5.32 Å². The summed E-state index contributed by atoms with van der Waals surface area (Å²) in [7, 11) is 0. The van der Waals surface area contributed by atoms with Gasteiger partial charge in [0.25, 0.3) is 0 Å². The third-order valence-corrected chi connectivity index (χ3v) is 19.7. The topological polar surface area (TPSA) is 12.0 Å². The van der Waals surface area contributed by atoms with Crippen LogP contribution in [0, 0.1) is 28.6 Å². The van der Waals surface area contributed by atoms with Crippen LogP contribution >= 0.6 is 192 Å². The lowest BCUT2D eigenvalue weighted by Gasteiger charge is -2.27. The van der Waals surface area contributed by atoms with Crippen molar-refractivity contribution in [1.29, 1.82) is 0 Å². The highest BCUT2D eigenvalue weighted by Gasteiger charge is 2.29. The molecule has 0 amide bonds. The lowest BCUT2D eigenvalue weighted by atomic mass is 10.2. The van der Waals surface area contributed by atoms with Crippen LogP contribution in [0.5, 0.6) is 0 Å². The van der Waals surface area contributed by atoms with Gasteiger partial charge in [-0.15, -0.1) is 0 Å². The van der Waals surface area contributed by atoms with Gasteiger partial charge in [0.1, 0.15) is 0 Å². The normalized spacial score (nSPS) is 12.7. The fraction of sp³-hybridized carbons (Fsp3) is 0. The van der Waals surface area contributed by atoms with Crippen molar-refractivity contribution in [3.63, 3.8) is 0 Å². The molecule has 1 N–H and O–H groups in total. The van der Waals surface area contributed by atoms with Gasteiger partial charge in [-0.2, -0.15) is 0 Å². The molecular formula is C12HI8NS. The van der Waals surface area contributed by atoms with E-state index in [1.165, 1.54) is 49.7 Å². The standard InChI is InChI=1S/C12HI8NS/c13-1-3(15)7(19)11-9(5(1)17)21-10-6(18)2(14)4(16)8(20)12(10)22-11/h21H. The maximum Gasteiger partial charge on any atom is 0.0684 e. The fourth-order valence-electron chi connectivity index (χ4n) is 1.87. The lowest BCUT2D eigenvalue weighted by Crippen LogP contribution is -2.11.